The van der Waals surface area contributed by atoms with Crippen LogP contribution in [0.3, 0.4) is 0 Å². The molecule has 6 nitrogen and oxygen atoms in total. The first-order chi connectivity index (χ1) is 12.4. The summed E-state index contributed by atoms with van der Waals surface area (Å²) in [5.74, 6) is -1.83. The van der Waals surface area contributed by atoms with Crippen molar-refractivity contribution in [1.82, 2.24) is 0 Å². The number of methoxy groups -OCH3 is 6. The van der Waals surface area contributed by atoms with Crippen molar-refractivity contribution in [2.45, 2.75) is 50.5 Å². The average Bonchev–Trinajstić information content (AvgIpc) is 2.70. The van der Waals surface area contributed by atoms with Crippen molar-refractivity contribution in [1.29, 1.82) is 0 Å². The minimum absolute atomic E-state index is 0.149. The van der Waals surface area contributed by atoms with Gasteiger partial charge in [0.25, 0.3) is 11.9 Å². The molecule has 0 radical (unpaired) electrons. The van der Waals surface area contributed by atoms with Gasteiger partial charge in [0, 0.05) is 55.5 Å². The molecular weight excluding hydrogens is 336 g/mol. The van der Waals surface area contributed by atoms with Crippen molar-refractivity contribution in [3.05, 3.63) is 35.4 Å². The van der Waals surface area contributed by atoms with Crippen molar-refractivity contribution in [3.63, 3.8) is 0 Å². The summed E-state index contributed by atoms with van der Waals surface area (Å²) in [6, 6.07) is 8.31. The van der Waals surface area contributed by atoms with Crippen LogP contribution in [0.1, 0.15) is 49.7 Å². The number of hydrogen-bond donors (Lipinski definition) is 0. The van der Waals surface area contributed by atoms with Gasteiger partial charge in [0.1, 0.15) is 0 Å². The Labute approximate surface area is 157 Å². The zero-order chi connectivity index (χ0) is 19.8. The van der Waals surface area contributed by atoms with E-state index in [1.54, 1.807) is 42.7 Å². The maximum absolute atomic E-state index is 5.46. The van der Waals surface area contributed by atoms with Gasteiger partial charge in [-0.3, -0.25) is 0 Å². The van der Waals surface area contributed by atoms with Crippen molar-refractivity contribution >= 4 is 0 Å². The highest BCUT2D eigenvalue weighted by Gasteiger charge is 2.35. The van der Waals surface area contributed by atoms with Gasteiger partial charge >= 0.3 is 0 Å². The molecule has 2 atom stereocenters. The first kappa shape index (κ1) is 23.0. The van der Waals surface area contributed by atoms with E-state index in [4.69, 9.17) is 28.4 Å². The van der Waals surface area contributed by atoms with Crippen LogP contribution < -0.4 is 0 Å². The second kappa shape index (κ2) is 10.3. The third kappa shape index (κ3) is 5.25. The van der Waals surface area contributed by atoms with E-state index < -0.39 is 11.9 Å². The van der Waals surface area contributed by atoms with Crippen molar-refractivity contribution in [2.75, 3.05) is 42.7 Å². The number of hydrogen-bond acceptors (Lipinski definition) is 6. The molecule has 0 amide bonds. The van der Waals surface area contributed by atoms with Gasteiger partial charge in [0.05, 0.1) is 0 Å². The van der Waals surface area contributed by atoms with Crippen LogP contribution in [-0.2, 0) is 28.4 Å². The van der Waals surface area contributed by atoms with Crippen LogP contribution in [0.25, 0.3) is 0 Å². The molecule has 0 aromatic heterocycles. The second-order valence-corrected chi connectivity index (χ2v) is 6.43. The van der Waals surface area contributed by atoms with Crippen molar-refractivity contribution in [3.8, 4) is 0 Å². The Kier molecular flexibility index (Phi) is 9.16. The summed E-state index contributed by atoms with van der Waals surface area (Å²) in [6.07, 6.45) is 1.12. The lowest BCUT2D eigenvalue weighted by atomic mass is 9.85. The van der Waals surface area contributed by atoms with Gasteiger partial charge in [0.15, 0.2) is 0 Å². The van der Waals surface area contributed by atoms with Crippen molar-refractivity contribution < 1.29 is 28.4 Å². The number of ether oxygens (including phenoxy) is 6. The molecule has 0 aliphatic carbocycles. The molecule has 150 valence electrons. The molecular formula is C20H34O6. The normalized spacial score (nSPS) is 15.1. The molecule has 0 heterocycles. The van der Waals surface area contributed by atoms with Gasteiger partial charge in [-0.2, -0.15) is 0 Å². The smallest absolute Gasteiger partial charge is 0.282 e. The van der Waals surface area contributed by atoms with Crippen molar-refractivity contribution in [2.24, 2.45) is 0 Å². The van der Waals surface area contributed by atoms with Crippen LogP contribution in [0.15, 0.2) is 24.3 Å². The van der Waals surface area contributed by atoms with Gasteiger partial charge in [-0.1, -0.05) is 38.1 Å². The molecule has 26 heavy (non-hydrogen) atoms. The van der Waals surface area contributed by atoms with E-state index in [0.717, 1.165) is 0 Å². The summed E-state index contributed by atoms with van der Waals surface area (Å²) in [6.45, 7) is 4.27. The van der Waals surface area contributed by atoms with Crippen LogP contribution in [0.2, 0.25) is 0 Å². The molecule has 1 aromatic rings. The number of benzene rings is 1. The Morgan fingerprint density at radius 1 is 0.615 bits per heavy atom. The van der Waals surface area contributed by atoms with Gasteiger partial charge < -0.3 is 28.4 Å². The maximum atomic E-state index is 5.46. The molecule has 1 rings (SSSR count). The van der Waals surface area contributed by atoms with E-state index in [2.05, 4.69) is 26.0 Å². The Morgan fingerprint density at radius 2 is 0.885 bits per heavy atom. The largest absolute Gasteiger partial charge is 0.331 e. The minimum atomic E-state index is -1.06. The Balaban J connectivity index is 3.10. The first-order valence-electron chi connectivity index (χ1n) is 8.76. The van der Waals surface area contributed by atoms with Gasteiger partial charge in [-0.15, -0.1) is 0 Å². The Morgan fingerprint density at radius 3 is 1.12 bits per heavy atom. The zero-order valence-corrected chi connectivity index (χ0v) is 17.3. The van der Waals surface area contributed by atoms with Crippen LogP contribution in [-0.4, -0.2) is 54.6 Å². The zero-order valence-electron chi connectivity index (χ0n) is 17.3. The molecule has 0 aliphatic heterocycles. The van der Waals surface area contributed by atoms with E-state index in [-0.39, 0.29) is 11.8 Å². The van der Waals surface area contributed by atoms with Gasteiger partial charge in [0.2, 0.25) is 0 Å². The van der Waals surface area contributed by atoms with Gasteiger partial charge in [-0.25, -0.2) is 0 Å². The summed E-state index contributed by atoms with van der Waals surface area (Å²) in [7, 11) is 9.49. The fraction of sp³-hybridized carbons (Fsp3) is 0.700. The quantitative estimate of drug-likeness (QED) is 0.521. The minimum Gasteiger partial charge on any atom is -0.331 e. The van der Waals surface area contributed by atoms with E-state index in [1.807, 2.05) is 12.1 Å². The summed E-state index contributed by atoms with van der Waals surface area (Å²) >= 11 is 0. The summed E-state index contributed by atoms with van der Waals surface area (Å²) in [5.41, 5.74) is 2.40. The second-order valence-electron chi connectivity index (χ2n) is 6.43. The van der Waals surface area contributed by atoms with E-state index in [9.17, 15) is 0 Å². The lowest BCUT2D eigenvalue weighted by Gasteiger charge is -2.34. The Hall–Kier alpha value is -1.02. The number of rotatable bonds is 12. The lowest BCUT2D eigenvalue weighted by molar-refractivity contribution is -0.357. The molecule has 0 saturated heterocycles. The van der Waals surface area contributed by atoms with Crippen LogP contribution >= 0.6 is 0 Å². The maximum Gasteiger partial charge on any atom is 0.282 e. The predicted molar refractivity (Wildman–Crippen MR) is 100 cm³/mol. The van der Waals surface area contributed by atoms with Gasteiger partial charge in [-0.05, 0) is 23.0 Å². The third-order valence-corrected chi connectivity index (χ3v) is 5.04. The van der Waals surface area contributed by atoms with E-state index >= 15 is 0 Å². The summed E-state index contributed by atoms with van der Waals surface area (Å²) < 4.78 is 32.7. The topological polar surface area (TPSA) is 55.4 Å². The van der Waals surface area contributed by atoms with E-state index in [0.29, 0.717) is 12.8 Å². The Bertz CT molecular complexity index is 461. The molecule has 1 aromatic carbocycles. The first-order valence-corrected chi connectivity index (χ1v) is 8.76. The lowest BCUT2D eigenvalue weighted by Crippen LogP contribution is -2.38. The molecule has 0 aliphatic rings. The highest BCUT2D eigenvalue weighted by atomic mass is 16.9. The van der Waals surface area contributed by atoms with Crippen LogP contribution in [0, 0.1) is 0 Å². The average molecular weight is 370 g/mol. The predicted octanol–water partition coefficient (Wildman–Crippen LogP) is 3.86. The standard InChI is InChI=1S/C20H34O6/c1-15(13-19(21-3,22-4)23-5)17-11-9-10-12-18(17)16(2)14-20(24-6,25-7)26-8/h9-12,15-16H,13-14H2,1-8H3. The monoisotopic (exact) mass is 370 g/mol. The molecule has 0 bridgehead atoms. The fourth-order valence-electron chi connectivity index (χ4n) is 3.38. The molecule has 0 fully saturated rings. The summed E-state index contributed by atoms with van der Waals surface area (Å²) in [4.78, 5) is 0. The molecule has 2 unspecified atom stereocenters. The third-order valence-electron chi connectivity index (χ3n) is 5.04. The molecule has 6 heteroatoms. The summed E-state index contributed by atoms with van der Waals surface area (Å²) in [5, 5.41) is 0. The van der Waals surface area contributed by atoms with Crippen LogP contribution in [0.4, 0.5) is 0 Å². The highest BCUT2D eigenvalue weighted by molar-refractivity contribution is 5.33. The SMILES string of the molecule is COC(CC(C)c1ccccc1C(C)CC(OC)(OC)OC)(OC)OC. The molecule has 0 N–H and O–H groups in total. The van der Waals surface area contributed by atoms with E-state index in [1.165, 1.54) is 11.1 Å². The molecule has 0 saturated carbocycles. The fourth-order valence-corrected chi connectivity index (χ4v) is 3.38. The molecule has 0 spiro atoms. The highest BCUT2D eigenvalue weighted by Crippen LogP contribution is 2.37. The van der Waals surface area contributed by atoms with Crippen LogP contribution in [0.5, 0.6) is 0 Å².